The van der Waals surface area contributed by atoms with Crippen LogP contribution in [0.4, 0.5) is 5.69 Å². The maximum atomic E-state index is 13.1. The third-order valence-electron chi connectivity index (χ3n) is 5.37. The Morgan fingerprint density at radius 2 is 1.75 bits per heavy atom. The van der Waals surface area contributed by atoms with Crippen LogP contribution in [0.15, 0.2) is 77.7 Å². The van der Waals surface area contributed by atoms with E-state index in [1.165, 1.54) is 12.1 Å². The first-order valence-electron chi connectivity index (χ1n) is 10.2. The zero-order valence-corrected chi connectivity index (χ0v) is 18.6. The zero-order chi connectivity index (χ0) is 22.9. The lowest BCUT2D eigenvalue weighted by molar-refractivity contribution is -0.118. The van der Waals surface area contributed by atoms with Crippen molar-refractivity contribution in [2.24, 2.45) is 11.1 Å². The van der Waals surface area contributed by atoms with Crippen molar-refractivity contribution in [2.75, 3.05) is 5.32 Å². The molecule has 8 heteroatoms. The molecule has 0 bridgehead atoms. The summed E-state index contributed by atoms with van der Waals surface area (Å²) in [5, 5.41) is 16.3. The van der Waals surface area contributed by atoms with Crippen molar-refractivity contribution in [3.8, 4) is 11.3 Å². The first-order chi connectivity index (χ1) is 15.2. The molecule has 0 radical (unpaired) electrons. The summed E-state index contributed by atoms with van der Waals surface area (Å²) in [5.74, 6) is -0.263. The van der Waals surface area contributed by atoms with Crippen molar-refractivity contribution < 1.29 is 13.2 Å². The molecule has 0 saturated heterocycles. The Labute approximate surface area is 186 Å². The lowest BCUT2D eigenvalue weighted by Crippen LogP contribution is -2.25. The van der Waals surface area contributed by atoms with Crippen molar-refractivity contribution in [1.82, 2.24) is 10.2 Å². The van der Waals surface area contributed by atoms with Crippen LogP contribution in [0.25, 0.3) is 22.2 Å². The molecule has 4 N–H and O–H groups in total. The quantitative estimate of drug-likeness (QED) is 0.408. The SMILES string of the molecule is CC(C)C(C(=O)Nc1ccc2[nH]nc(-c3cccc(S(N)(=O)=O)c3)c2c1)c1ccccc1. The smallest absolute Gasteiger partial charge is 0.238 e. The summed E-state index contributed by atoms with van der Waals surface area (Å²) < 4.78 is 23.5. The topological polar surface area (TPSA) is 118 Å². The van der Waals surface area contributed by atoms with Gasteiger partial charge in [0, 0.05) is 16.6 Å². The Morgan fingerprint density at radius 1 is 1.00 bits per heavy atom. The molecule has 0 saturated carbocycles. The number of fused-ring (bicyclic) bond motifs is 1. The molecule has 0 fully saturated rings. The minimum absolute atomic E-state index is 0.0123. The summed E-state index contributed by atoms with van der Waals surface area (Å²) in [6.07, 6.45) is 0. The van der Waals surface area contributed by atoms with Gasteiger partial charge in [0.25, 0.3) is 0 Å². The largest absolute Gasteiger partial charge is 0.326 e. The maximum absolute atomic E-state index is 13.1. The van der Waals surface area contributed by atoms with Gasteiger partial charge in [0.1, 0.15) is 5.69 Å². The monoisotopic (exact) mass is 448 g/mol. The van der Waals surface area contributed by atoms with Crippen molar-refractivity contribution in [2.45, 2.75) is 24.7 Å². The maximum Gasteiger partial charge on any atom is 0.238 e. The molecule has 1 unspecified atom stereocenters. The first kappa shape index (κ1) is 21.7. The van der Waals surface area contributed by atoms with E-state index < -0.39 is 10.0 Å². The van der Waals surface area contributed by atoms with E-state index in [0.29, 0.717) is 16.9 Å². The molecule has 4 rings (SSSR count). The molecule has 32 heavy (non-hydrogen) atoms. The van der Waals surface area contributed by atoms with Crippen LogP contribution in [-0.2, 0) is 14.8 Å². The number of sulfonamides is 1. The van der Waals surface area contributed by atoms with Crippen LogP contribution < -0.4 is 10.5 Å². The molecule has 7 nitrogen and oxygen atoms in total. The van der Waals surface area contributed by atoms with Crippen LogP contribution in [0, 0.1) is 5.92 Å². The van der Waals surface area contributed by atoms with Crippen LogP contribution in [0.3, 0.4) is 0 Å². The average Bonchev–Trinajstić information content (AvgIpc) is 3.17. The summed E-state index contributed by atoms with van der Waals surface area (Å²) in [5.41, 5.74) is 3.54. The van der Waals surface area contributed by atoms with Crippen molar-refractivity contribution >= 4 is 32.5 Å². The summed E-state index contributed by atoms with van der Waals surface area (Å²) in [7, 11) is -3.83. The Morgan fingerprint density at radius 3 is 2.44 bits per heavy atom. The molecule has 164 valence electrons. The van der Waals surface area contributed by atoms with E-state index in [1.54, 1.807) is 12.1 Å². The lowest BCUT2D eigenvalue weighted by Gasteiger charge is -2.20. The Hall–Kier alpha value is -3.49. The second-order valence-corrected chi connectivity index (χ2v) is 9.59. The van der Waals surface area contributed by atoms with Crippen LogP contribution in [0.5, 0.6) is 0 Å². The van der Waals surface area contributed by atoms with Gasteiger partial charge in [-0.15, -0.1) is 0 Å². The summed E-state index contributed by atoms with van der Waals surface area (Å²) in [6, 6.07) is 21.5. The molecule has 4 aromatic rings. The van der Waals surface area contributed by atoms with Gasteiger partial charge in [-0.1, -0.05) is 56.3 Å². The van der Waals surface area contributed by atoms with E-state index >= 15 is 0 Å². The minimum atomic E-state index is -3.83. The molecular weight excluding hydrogens is 424 g/mol. The number of primary sulfonamides is 1. The van der Waals surface area contributed by atoms with E-state index in [-0.39, 0.29) is 22.6 Å². The molecule has 1 amide bonds. The number of hydrogen-bond acceptors (Lipinski definition) is 4. The molecule has 1 heterocycles. The van der Waals surface area contributed by atoms with Crippen molar-refractivity contribution in [3.63, 3.8) is 0 Å². The number of rotatable bonds is 6. The number of amides is 1. The standard InChI is InChI=1S/C24H24N4O3S/c1-15(2)22(16-7-4-3-5-8-16)24(29)26-18-11-12-21-20(14-18)23(28-27-21)17-9-6-10-19(13-17)32(25,30)31/h3-15,22H,1-2H3,(H,26,29)(H,27,28)(H2,25,30,31). The Kier molecular flexibility index (Phi) is 5.82. The Bertz CT molecular complexity index is 1380. The molecule has 1 atom stereocenters. The van der Waals surface area contributed by atoms with Gasteiger partial charge in [-0.05, 0) is 41.8 Å². The number of nitrogens with two attached hydrogens (primary N) is 1. The summed E-state index contributed by atoms with van der Waals surface area (Å²) in [4.78, 5) is 13.1. The molecule has 1 aromatic heterocycles. The molecule has 0 spiro atoms. The predicted molar refractivity (Wildman–Crippen MR) is 126 cm³/mol. The number of carbonyl (C=O) groups excluding carboxylic acids is 1. The van der Waals surface area contributed by atoms with Gasteiger partial charge < -0.3 is 5.32 Å². The summed E-state index contributed by atoms with van der Waals surface area (Å²) >= 11 is 0. The van der Waals surface area contributed by atoms with E-state index in [4.69, 9.17) is 5.14 Å². The number of nitrogens with zero attached hydrogens (tertiary/aromatic N) is 1. The lowest BCUT2D eigenvalue weighted by atomic mass is 9.87. The highest BCUT2D eigenvalue weighted by molar-refractivity contribution is 7.89. The van der Waals surface area contributed by atoms with Crippen LogP contribution >= 0.6 is 0 Å². The molecule has 0 aliphatic rings. The van der Waals surface area contributed by atoms with E-state index in [9.17, 15) is 13.2 Å². The van der Waals surface area contributed by atoms with Gasteiger partial charge in [0.2, 0.25) is 15.9 Å². The van der Waals surface area contributed by atoms with Gasteiger partial charge in [-0.25, -0.2) is 13.6 Å². The summed E-state index contributed by atoms with van der Waals surface area (Å²) in [6.45, 7) is 4.04. The van der Waals surface area contributed by atoms with Gasteiger partial charge >= 0.3 is 0 Å². The van der Waals surface area contributed by atoms with Crippen LogP contribution in [0.2, 0.25) is 0 Å². The van der Waals surface area contributed by atoms with Crippen molar-refractivity contribution in [1.29, 1.82) is 0 Å². The average molecular weight is 449 g/mol. The third kappa shape index (κ3) is 4.42. The predicted octanol–water partition coefficient (Wildman–Crippen LogP) is 4.26. The minimum Gasteiger partial charge on any atom is -0.326 e. The highest BCUT2D eigenvalue weighted by Gasteiger charge is 2.24. The molecule has 0 aliphatic heterocycles. The number of aromatic nitrogens is 2. The number of carbonyl (C=O) groups is 1. The molecule has 0 aliphatic carbocycles. The number of aromatic amines is 1. The normalized spacial score (nSPS) is 12.8. The number of anilines is 1. The van der Waals surface area contributed by atoms with Gasteiger partial charge in [0.05, 0.1) is 16.3 Å². The van der Waals surface area contributed by atoms with Crippen LogP contribution in [0.1, 0.15) is 25.3 Å². The highest BCUT2D eigenvalue weighted by atomic mass is 32.2. The zero-order valence-electron chi connectivity index (χ0n) is 17.7. The van der Waals surface area contributed by atoms with Gasteiger partial charge in [-0.3, -0.25) is 9.89 Å². The number of hydrogen-bond donors (Lipinski definition) is 3. The van der Waals surface area contributed by atoms with Gasteiger partial charge in [0.15, 0.2) is 0 Å². The van der Waals surface area contributed by atoms with E-state index in [2.05, 4.69) is 15.5 Å². The fourth-order valence-electron chi connectivity index (χ4n) is 3.85. The number of nitrogens with one attached hydrogen (secondary N) is 2. The molecular formula is C24H24N4O3S. The van der Waals surface area contributed by atoms with Crippen molar-refractivity contribution in [3.05, 3.63) is 78.4 Å². The van der Waals surface area contributed by atoms with E-state index in [1.807, 2.05) is 62.4 Å². The molecule has 3 aromatic carbocycles. The number of benzene rings is 3. The second-order valence-electron chi connectivity index (χ2n) is 8.03. The highest BCUT2D eigenvalue weighted by Crippen LogP contribution is 2.31. The number of H-pyrrole nitrogens is 1. The fraction of sp³-hybridized carbons (Fsp3) is 0.167. The van der Waals surface area contributed by atoms with Crippen LogP contribution in [-0.4, -0.2) is 24.5 Å². The van der Waals surface area contributed by atoms with Gasteiger partial charge in [-0.2, -0.15) is 5.10 Å². The Balaban J connectivity index is 1.68. The third-order valence-corrected chi connectivity index (χ3v) is 6.29. The van der Waals surface area contributed by atoms with E-state index in [0.717, 1.165) is 16.5 Å². The second kappa shape index (κ2) is 8.57. The fourth-order valence-corrected chi connectivity index (χ4v) is 4.41. The first-order valence-corrected chi connectivity index (χ1v) is 11.8.